The second kappa shape index (κ2) is 13.6. The first-order chi connectivity index (χ1) is 19.2. The van der Waals surface area contributed by atoms with Gasteiger partial charge in [0.1, 0.15) is 18.2 Å². The van der Waals surface area contributed by atoms with Crippen molar-refractivity contribution < 1.29 is 27.1 Å². The van der Waals surface area contributed by atoms with Crippen LogP contribution in [0.15, 0.2) is 71.6 Å². The van der Waals surface area contributed by atoms with Gasteiger partial charge in [-0.3, -0.25) is 4.79 Å². The van der Waals surface area contributed by atoms with E-state index in [1.807, 2.05) is 0 Å². The van der Waals surface area contributed by atoms with Crippen molar-refractivity contribution in [1.82, 2.24) is 15.4 Å². The summed E-state index contributed by atoms with van der Waals surface area (Å²) in [5, 5.41) is 5.93. The highest BCUT2D eigenvalue weighted by molar-refractivity contribution is 7.90. The summed E-state index contributed by atoms with van der Waals surface area (Å²) in [7, 11) is -4.01. The fourth-order valence-electron chi connectivity index (χ4n) is 4.44. The molecule has 0 bridgehead atoms. The summed E-state index contributed by atoms with van der Waals surface area (Å²) in [5.41, 5.74) is 1.80. The van der Waals surface area contributed by atoms with E-state index in [9.17, 15) is 22.4 Å². The van der Waals surface area contributed by atoms with Crippen molar-refractivity contribution in [3.8, 4) is 5.75 Å². The molecule has 40 heavy (non-hydrogen) atoms. The molecule has 3 aromatic carbocycles. The molecule has 212 valence electrons. The molecule has 0 radical (unpaired) electrons. The summed E-state index contributed by atoms with van der Waals surface area (Å²) in [6.07, 6.45) is 5.30. The van der Waals surface area contributed by atoms with Crippen LogP contribution in [0.4, 0.5) is 9.18 Å². The van der Waals surface area contributed by atoms with Crippen molar-refractivity contribution in [3.05, 3.63) is 94.3 Å². The monoisotopic (exact) mass is 587 g/mol. The lowest BCUT2D eigenvalue weighted by Gasteiger charge is -2.22. The van der Waals surface area contributed by atoms with E-state index < -0.39 is 16.1 Å². The molecule has 0 saturated heterocycles. The maximum absolute atomic E-state index is 13.1. The summed E-state index contributed by atoms with van der Waals surface area (Å²) < 4.78 is 46.2. The second-order valence-electron chi connectivity index (χ2n) is 9.62. The first-order valence-corrected chi connectivity index (χ1v) is 14.9. The highest BCUT2D eigenvalue weighted by atomic mass is 35.5. The van der Waals surface area contributed by atoms with Crippen LogP contribution in [0, 0.1) is 5.82 Å². The van der Waals surface area contributed by atoms with Crippen molar-refractivity contribution in [1.29, 1.82) is 0 Å². The molecule has 1 saturated carbocycles. The minimum atomic E-state index is -4.01. The predicted molar refractivity (Wildman–Crippen MR) is 150 cm³/mol. The molecular formula is C29H31ClFN3O5S. The van der Waals surface area contributed by atoms with Gasteiger partial charge in [0, 0.05) is 17.6 Å². The van der Waals surface area contributed by atoms with E-state index in [0.29, 0.717) is 17.2 Å². The largest absolute Gasteiger partial charge is 0.488 e. The number of sulfonamides is 1. The van der Waals surface area contributed by atoms with Crippen LogP contribution >= 0.6 is 11.6 Å². The summed E-state index contributed by atoms with van der Waals surface area (Å²) >= 11 is 6.10. The molecule has 0 heterocycles. The number of carbonyl (C=O) groups excluding carboxylic acids is 2. The van der Waals surface area contributed by atoms with Gasteiger partial charge >= 0.3 is 6.03 Å². The quantitative estimate of drug-likeness (QED) is 0.296. The van der Waals surface area contributed by atoms with E-state index in [2.05, 4.69) is 15.4 Å². The molecule has 3 amide bonds. The van der Waals surface area contributed by atoms with E-state index >= 15 is 0 Å². The number of urea groups is 1. The molecule has 1 fully saturated rings. The fourth-order valence-corrected chi connectivity index (χ4v) is 5.53. The average molecular weight is 588 g/mol. The lowest BCUT2D eigenvalue weighted by atomic mass is 9.96. The molecule has 11 heteroatoms. The number of amides is 3. The molecule has 0 spiro atoms. The Morgan fingerprint density at radius 2 is 1.60 bits per heavy atom. The highest BCUT2D eigenvalue weighted by Gasteiger charge is 2.21. The third-order valence-corrected chi connectivity index (χ3v) is 8.18. The Morgan fingerprint density at radius 3 is 2.30 bits per heavy atom. The van der Waals surface area contributed by atoms with Gasteiger partial charge in [0.15, 0.2) is 0 Å². The lowest BCUT2D eigenvalue weighted by molar-refractivity contribution is 0.0949. The second-order valence-corrected chi connectivity index (χ2v) is 11.7. The van der Waals surface area contributed by atoms with Gasteiger partial charge in [-0.1, -0.05) is 55.1 Å². The van der Waals surface area contributed by atoms with E-state index in [0.717, 1.165) is 43.2 Å². The summed E-state index contributed by atoms with van der Waals surface area (Å²) in [5.74, 6) is -0.398. The predicted octanol–water partition coefficient (Wildman–Crippen LogP) is 5.35. The number of ether oxygens (including phenoxy) is 1. The molecule has 8 nitrogen and oxygen atoms in total. The summed E-state index contributed by atoms with van der Waals surface area (Å²) in [4.78, 5) is 25.0. The Morgan fingerprint density at radius 1 is 0.925 bits per heavy atom. The van der Waals surface area contributed by atoms with Gasteiger partial charge in [0.2, 0.25) is 0 Å². The molecular weight excluding hydrogens is 557 g/mol. The number of hydrogen-bond acceptors (Lipinski definition) is 5. The van der Waals surface area contributed by atoms with Crippen LogP contribution in [-0.2, 0) is 23.1 Å². The van der Waals surface area contributed by atoms with Crippen LogP contribution in [0.5, 0.6) is 5.75 Å². The van der Waals surface area contributed by atoms with Gasteiger partial charge < -0.3 is 15.4 Å². The molecule has 4 rings (SSSR count). The van der Waals surface area contributed by atoms with Crippen molar-refractivity contribution >= 4 is 33.6 Å². The first kappa shape index (κ1) is 29.4. The van der Waals surface area contributed by atoms with Crippen LogP contribution < -0.4 is 20.1 Å². The van der Waals surface area contributed by atoms with Crippen molar-refractivity contribution in [2.24, 2.45) is 0 Å². The van der Waals surface area contributed by atoms with Gasteiger partial charge in [-0.15, -0.1) is 0 Å². The standard InChI is InChI=1S/C29H31ClFN3O5S/c30-22-10-15-27(39-19-21-6-11-23(31)12-7-21)26(18-22)28(35)32-17-16-20-8-13-25(14-9-20)40(37,38)34-29(36)33-24-4-2-1-3-5-24/h6-15,18,24H,1-5,16-17,19H2,(H,32,35)(H2,33,34,36). The zero-order valence-electron chi connectivity index (χ0n) is 21.8. The molecule has 1 aliphatic carbocycles. The van der Waals surface area contributed by atoms with Crippen LogP contribution in [0.25, 0.3) is 0 Å². The summed E-state index contributed by atoms with van der Waals surface area (Å²) in [6, 6.07) is 16.0. The number of nitrogens with one attached hydrogen (secondary N) is 3. The Balaban J connectivity index is 1.29. The van der Waals surface area contributed by atoms with E-state index in [-0.39, 0.29) is 41.4 Å². The molecule has 3 aromatic rings. The van der Waals surface area contributed by atoms with Gasteiger partial charge in [-0.05, 0) is 72.9 Å². The van der Waals surface area contributed by atoms with Gasteiger partial charge in [0.25, 0.3) is 15.9 Å². The molecule has 1 aliphatic rings. The lowest BCUT2D eigenvalue weighted by Crippen LogP contribution is -2.45. The fraction of sp³-hybridized carbons (Fsp3) is 0.310. The first-order valence-electron chi connectivity index (χ1n) is 13.1. The van der Waals surface area contributed by atoms with Crippen molar-refractivity contribution in [2.45, 2.75) is 56.1 Å². The van der Waals surface area contributed by atoms with Crippen LogP contribution in [-0.4, -0.2) is 32.9 Å². The molecule has 0 atom stereocenters. The molecule has 0 aromatic heterocycles. The number of benzene rings is 3. The Kier molecular flexibility index (Phi) is 10.0. The van der Waals surface area contributed by atoms with Crippen molar-refractivity contribution in [3.63, 3.8) is 0 Å². The number of carbonyl (C=O) groups is 2. The SMILES string of the molecule is O=C(NC1CCCCC1)NS(=O)(=O)c1ccc(CCNC(=O)c2cc(Cl)ccc2OCc2ccc(F)cc2)cc1. The maximum atomic E-state index is 13.1. The molecule has 0 unspecified atom stereocenters. The van der Waals surface area contributed by atoms with Crippen LogP contribution in [0.3, 0.4) is 0 Å². The molecule has 3 N–H and O–H groups in total. The Labute approximate surface area is 238 Å². The smallest absolute Gasteiger partial charge is 0.328 e. The van der Waals surface area contributed by atoms with Crippen molar-refractivity contribution in [2.75, 3.05) is 6.54 Å². The highest BCUT2D eigenvalue weighted by Crippen LogP contribution is 2.24. The Bertz CT molecular complexity index is 1430. The normalized spacial score (nSPS) is 13.8. The van der Waals surface area contributed by atoms with Gasteiger partial charge in [-0.25, -0.2) is 22.3 Å². The minimum absolute atomic E-state index is 0.00843. The third kappa shape index (κ3) is 8.43. The Hall–Kier alpha value is -3.63. The summed E-state index contributed by atoms with van der Waals surface area (Å²) in [6.45, 7) is 0.422. The maximum Gasteiger partial charge on any atom is 0.328 e. The number of rotatable bonds is 10. The number of halogens is 2. The minimum Gasteiger partial charge on any atom is -0.488 e. The van der Waals surface area contributed by atoms with Crippen LogP contribution in [0.1, 0.15) is 53.6 Å². The number of hydrogen-bond donors (Lipinski definition) is 3. The third-order valence-electron chi connectivity index (χ3n) is 6.59. The van der Waals surface area contributed by atoms with E-state index in [1.165, 1.54) is 30.3 Å². The average Bonchev–Trinajstić information content (AvgIpc) is 2.93. The van der Waals surface area contributed by atoms with E-state index in [1.54, 1.807) is 36.4 Å². The van der Waals surface area contributed by atoms with Gasteiger partial charge in [0.05, 0.1) is 10.5 Å². The zero-order valence-corrected chi connectivity index (χ0v) is 23.4. The van der Waals surface area contributed by atoms with Gasteiger partial charge in [-0.2, -0.15) is 0 Å². The topological polar surface area (TPSA) is 114 Å². The van der Waals surface area contributed by atoms with Crippen LogP contribution in [0.2, 0.25) is 5.02 Å². The molecule has 0 aliphatic heterocycles. The zero-order chi connectivity index (χ0) is 28.5. The van der Waals surface area contributed by atoms with E-state index in [4.69, 9.17) is 16.3 Å².